The van der Waals surface area contributed by atoms with Gasteiger partial charge in [0.05, 0.1) is 22.4 Å². The van der Waals surface area contributed by atoms with E-state index in [0.717, 1.165) is 5.57 Å². The lowest BCUT2D eigenvalue weighted by Gasteiger charge is -2.58. The monoisotopic (exact) mass is 676 g/mol. The Kier molecular flexibility index (Phi) is 8.91. The van der Waals surface area contributed by atoms with Gasteiger partial charge in [-0.05, 0) is 85.9 Å². The summed E-state index contributed by atoms with van der Waals surface area (Å²) >= 11 is 0. The molecule has 4 aliphatic rings. The average molecular weight is 677 g/mol. The normalized spacial score (nSPS) is 32.7. The number of fused-ring (bicyclic) bond motifs is 5. The Labute approximate surface area is 279 Å². The SMILES string of the molecule is CC12C=CC(=O)CC1=CCC1C2C(O)CC2(C)C1CCC2(O)C(=O)COC(=O)CCc1ccccc1N=Nc1ccc(S(=O)(=O)O)cc1. The Hall–Kier alpha value is -3.84. The maximum absolute atomic E-state index is 13.6. The number of benzene rings is 2. The molecule has 6 rings (SSSR count). The zero-order chi connectivity index (χ0) is 34.5. The number of hydrogen-bond donors (Lipinski definition) is 3. The first-order chi connectivity index (χ1) is 22.7. The topological polar surface area (TPSA) is 180 Å². The van der Waals surface area contributed by atoms with Gasteiger partial charge in [-0.3, -0.25) is 18.9 Å². The minimum Gasteiger partial charge on any atom is -0.458 e. The van der Waals surface area contributed by atoms with Crippen molar-refractivity contribution in [1.82, 2.24) is 0 Å². The molecular formula is C36H40N2O9S. The van der Waals surface area contributed by atoms with Gasteiger partial charge in [0.1, 0.15) is 5.60 Å². The summed E-state index contributed by atoms with van der Waals surface area (Å²) in [6.45, 7) is 3.38. The van der Waals surface area contributed by atoms with Crippen molar-refractivity contribution in [2.75, 3.05) is 6.61 Å². The summed E-state index contributed by atoms with van der Waals surface area (Å²) in [6, 6.07) is 12.3. The molecule has 2 saturated carbocycles. The number of aliphatic hydroxyl groups is 2. The lowest BCUT2D eigenvalue weighted by atomic mass is 9.47. The standard InChI is InChI=1S/C36H40N2O9S/c1-34-17-15-25(39)19-23(34)8-13-27-28-16-18-36(43,35(28,2)20-30(40)33(27)34)31(41)21-47-32(42)14-7-22-5-3-4-6-29(22)38-37-24-9-11-26(12-10-24)48(44,45)46/h3-6,8-12,15,17,27-28,30,33,40,43H,7,13-14,16,18-21H2,1-2H3,(H,44,45,46). The van der Waals surface area contributed by atoms with E-state index in [0.29, 0.717) is 36.2 Å². The van der Waals surface area contributed by atoms with E-state index in [1.807, 2.05) is 13.0 Å². The van der Waals surface area contributed by atoms with Gasteiger partial charge < -0.3 is 14.9 Å². The molecule has 48 heavy (non-hydrogen) atoms. The quantitative estimate of drug-likeness (QED) is 0.136. The zero-order valence-corrected chi connectivity index (χ0v) is 27.7. The van der Waals surface area contributed by atoms with Gasteiger partial charge in [0.2, 0.25) is 5.78 Å². The lowest BCUT2D eigenvalue weighted by molar-refractivity contribution is -0.179. The second kappa shape index (κ2) is 12.6. The van der Waals surface area contributed by atoms with Crippen LogP contribution in [-0.4, -0.2) is 59.0 Å². The number of ketones is 2. The number of azo groups is 1. The maximum atomic E-state index is 13.6. The molecule has 0 spiro atoms. The Morgan fingerprint density at radius 1 is 1.06 bits per heavy atom. The first kappa shape index (κ1) is 34.0. The number of hydrogen-bond acceptors (Lipinski definition) is 10. The third-order valence-electron chi connectivity index (χ3n) is 11.4. The number of Topliss-reactive ketones (excluding diaryl/α,β-unsaturated/α-hetero) is 1. The van der Waals surface area contributed by atoms with Gasteiger partial charge in [0.15, 0.2) is 12.4 Å². The van der Waals surface area contributed by atoms with Crippen molar-refractivity contribution in [3.8, 4) is 0 Å². The fourth-order valence-corrected chi connectivity index (χ4v) is 9.37. The van der Waals surface area contributed by atoms with E-state index in [-0.39, 0.29) is 54.1 Å². The number of rotatable bonds is 9. The first-order valence-corrected chi connectivity index (χ1v) is 17.7. The predicted octanol–water partition coefficient (Wildman–Crippen LogP) is 5.40. The molecule has 0 heterocycles. The molecule has 7 unspecified atom stereocenters. The highest BCUT2D eigenvalue weighted by Gasteiger charge is 2.68. The maximum Gasteiger partial charge on any atom is 0.306 e. The molecule has 12 heteroatoms. The second-order valence-electron chi connectivity index (χ2n) is 14.0. The predicted molar refractivity (Wildman–Crippen MR) is 174 cm³/mol. The molecule has 7 atom stereocenters. The highest BCUT2D eigenvalue weighted by atomic mass is 32.2. The Morgan fingerprint density at radius 2 is 1.79 bits per heavy atom. The number of ether oxygens (including phenoxy) is 1. The number of aliphatic hydroxyl groups excluding tert-OH is 1. The fraction of sp³-hybridized carbons (Fsp3) is 0.472. The highest BCUT2D eigenvalue weighted by molar-refractivity contribution is 7.85. The van der Waals surface area contributed by atoms with E-state index in [4.69, 9.17) is 9.29 Å². The molecule has 2 aromatic rings. The average Bonchev–Trinajstić information content (AvgIpc) is 3.32. The van der Waals surface area contributed by atoms with Crippen LogP contribution in [0.4, 0.5) is 11.4 Å². The Balaban J connectivity index is 1.07. The van der Waals surface area contributed by atoms with E-state index in [2.05, 4.69) is 23.2 Å². The number of nitrogens with zero attached hydrogens (tertiary/aromatic N) is 2. The molecule has 0 saturated heterocycles. The Bertz CT molecular complexity index is 1840. The summed E-state index contributed by atoms with van der Waals surface area (Å²) in [7, 11) is -4.32. The molecule has 11 nitrogen and oxygen atoms in total. The van der Waals surface area contributed by atoms with Crippen LogP contribution in [-0.2, 0) is 35.7 Å². The van der Waals surface area contributed by atoms with E-state index < -0.39 is 51.0 Å². The van der Waals surface area contributed by atoms with Crippen LogP contribution in [0.5, 0.6) is 0 Å². The van der Waals surface area contributed by atoms with Gasteiger partial charge in [0, 0.05) is 29.6 Å². The third-order valence-corrected chi connectivity index (χ3v) is 12.3. The molecule has 2 fully saturated rings. The van der Waals surface area contributed by atoms with Gasteiger partial charge in [-0.2, -0.15) is 18.6 Å². The molecule has 3 N–H and O–H groups in total. The molecule has 0 amide bonds. The van der Waals surface area contributed by atoms with Crippen molar-refractivity contribution in [2.45, 2.75) is 75.4 Å². The van der Waals surface area contributed by atoms with E-state index in [9.17, 15) is 33.0 Å². The molecule has 4 aliphatic carbocycles. The van der Waals surface area contributed by atoms with Crippen LogP contribution < -0.4 is 0 Å². The zero-order valence-electron chi connectivity index (χ0n) is 26.9. The summed E-state index contributed by atoms with van der Waals surface area (Å²) in [4.78, 5) is 38.2. The van der Waals surface area contributed by atoms with Gasteiger partial charge in [-0.15, -0.1) is 0 Å². The van der Waals surface area contributed by atoms with Crippen molar-refractivity contribution in [2.24, 2.45) is 38.8 Å². The molecule has 2 aromatic carbocycles. The number of carbonyl (C=O) groups excluding carboxylic acids is 3. The van der Waals surface area contributed by atoms with E-state index in [1.165, 1.54) is 24.3 Å². The summed E-state index contributed by atoms with van der Waals surface area (Å²) in [5.74, 6) is -1.24. The van der Waals surface area contributed by atoms with Gasteiger partial charge in [0.25, 0.3) is 10.1 Å². The minimum atomic E-state index is -4.32. The van der Waals surface area contributed by atoms with Gasteiger partial charge in [-0.1, -0.05) is 49.8 Å². The third kappa shape index (κ3) is 5.99. The van der Waals surface area contributed by atoms with E-state index in [1.54, 1.807) is 30.3 Å². The van der Waals surface area contributed by atoms with Crippen LogP contribution in [0.1, 0.15) is 57.9 Å². The number of carbonyl (C=O) groups is 3. The minimum absolute atomic E-state index is 0.0254. The van der Waals surface area contributed by atoms with Gasteiger partial charge >= 0.3 is 5.97 Å². The molecular weight excluding hydrogens is 636 g/mol. The lowest BCUT2D eigenvalue weighted by Crippen LogP contribution is -2.61. The second-order valence-corrected chi connectivity index (χ2v) is 15.4. The number of allylic oxidation sites excluding steroid dienone is 4. The summed E-state index contributed by atoms with van der Waals surface area (Å²) < 4.78 is 37.0. The fourth-order valence-electron chi connectivity index (χ4n) is 8.89. The van der Waals surface area contributed by atoms with Crippen molar-refractivity contribution < 1.29 is 42.3 Å². The largest absolute Gasteiger partial charge is 0.458 e. The smallest absolute Gasteiger partial charge is 0.306 e. The first-order valence-electron chi connectivity index (χ1n) is 16.2. The van der Waals surface area contributed by atoms with Crippen LogP contribution in [0.2, 0.25) is 0 Å². The van der Waals surface area contributed by atoms with Crippen molar-refractivity contribution in [3.63, 3.8) is 0 Å². The van der Waals surface area contributed by atoms with Gasteiger partial charge in [-0.25, -0.2) is 0 Å². The van der Waals surface area contributed by atoms with Crippen LogP contribution >= 0.6 is 0 Å². The van der Waals surface area contributed by atoms with Crippen LogP contribution in [0.3, 0.4) is 0 Å². The molecule has 0 aromatic heterocycles. The van der Waals surface area contributed by atoms with Crippen LogP contribution in [0.25, 0.3) is 0 Å². The van der Waals surface area contributed by atoms with Crippen molar-refractivity contribution >= 4 is 39.0 Å². The molecule has 0 aliphatic heterocycles. The molecule has 0 bridgehead atoms. The summed E-state index contributed by atoms with van der Waals surface area (Å²) in [5, 5.41) is 31.8. The van der Waals surface area contributed by atoms with Crippen molar-refractivity contribution in [1.29, 1.82) is 0 Å². The van der Waals surface area contributed by atoms with Crippen LogP contribution in [0, 0.1) is 28.6 Å². The van der Waals surface area contributed by atoms with E-state index >= 15 is 0 Å². The van der Waals surface area contributed by atoms with Crippen molar-refractivity contribution in [3.05, 3.63) is 77.9 Å². The highest BCUT2D eigenvalue weighted by Crippen LogP contribution is 2.66. The molecule has 0 radical (unpaired) electrons. The summed E-state index contributed by atoms with van der Waals surface area (Å²) in [6.07, 6.45) is 7.16. The van der Waals surface area contributed by atoms with Crippen LogP contribution in [0.15, 0.2) is 87.5 Å². The summed E-state index contributed by atoms with van der Waals surface area (Å²) in [5.41, 5.74) is -0.516. The Morgan fingerprint density at radius 3 is 2.52 bits per heavy atom. The number of aryl methyl sites for hydroxylation is 1. The molecule has 254 valence electrons. The number of esters is 1.